The molecular weight excluding hydrogens is 320 g/mol. The number of carboxylic acid groups (broad SMARTS) is 1. The summed E-state index contributed by atoms with van der Waals surface area (Å²) in [6, 6.07) is 5.22. The Morgan fingerprint density at radius 2 is 1.71 bits per heavy atom. The molecule has 0 radical (unpaired) electrons. The minimum Gasteiger partial charge on any atom is -0.477 e. The van der Waals surface area contributed by atoms with Crippen molar-refractivity contribution < 1.29 is 42.8 Å². The first kappa shape index (κ1) is 15.7. The molecule has 0 aliphatic heterocycles. The maximum absolute atomic E-state index is 12.2. The third-order valence-electron chi connectivity index (χ3n) is 1.74. The van der Waals surface area contributed by atoms with E-state index in [-0.39, 0.29) is 4.90 Å². The van der Waals surface area contributed by atoms with Crippen molar-refractivity contribution >= 4 is 16.1 Å². The van der Waals surface area contributed by atoms with Crippen LogP contribution in [0.2, 0.25) is 0 Å². The zero-order valence-corrected chi connectivity index (χ0v) is 11.3. The summed E-state index contributed by atoms with van der Waals surface area (Å²) in [6.45, 7) is -1.82. The minimum absolute atomic E-state index is 0.368. The average molecular weight is 334 g/mol. The molecule has 0 amide bonds. The van der Waals surface area contributed by atoms with E-state index in [0.717, 1.165) is 17.7 Å². The topological polar surface area (TPSA) is 80.7 Å². The summed E-state index contributed by atoms with van der Waals surface area (Å²) in [5.74, 6) is -2.07. The molecule has 1 rings (SSSR count). The summed E-state index contributed by atoms with van der Waals surface area (Å²) in [5.41, 5.74) is 0.779. The molecule has 5 nitrogen and oxygen atoms in total. The van der Waals surface area contributed by atoms with Crippen LogP contribution >= 0.6 is 0 Å². The molecule has 1 aromatic rings. The Morgan fingerprint density at radius 1 is 1.29 bits per heavy atom. The molecule has 0 saturated heterocycles. The number of carbonyl (C=O) groups is 1. The van der Waals surface area contributed by atoms with Crippen molar-refractivity contribution in [1.29, 1.82) is 0 Å². The molecule has 0 aliphatic carbocycles. The standard InChI is InChI=1S/C9H10F2O3S.C2H2F2O2/c1-7-2-4-8(5-3-7)15(12,13)14-6-9(10)11;3-1(4)2(5)6/h2-5,9H,6H2,1H3;1H,(H,5,6)/i6D2;. The number of hydrogen-bond donors (Lipinski definition) is 1. The van der Waals surface area contributed by atoms with Crippen LogP contribution in [0, 0.1) is 6.92 Å². The lowest BCUT2D eigenvalue weighted by atomic mass is 10.2. The molecule has 10 heteroatoms. The second-order valence-corrected chi connectivity index (χ2v) is 4.95. The minimum atomic E-state index is -4.53. The number of alkyl halides is 4. The number of halogens is 4. The second kappa shape index (κ2) is 8.57. The summed E-state index contributed by atoms with van der Waals surface area (Å²) in [4.78, 5) is 8.58. The Hall–Kier alpha value is -1.68. The van der Waals surface area contributed by atoms with E-state index >= 15 is 0 Å². The molecule has 0 atom stereocenters. The van der Waals surface area contributed by atoms with Gasteiger partial charge in [0, 0.05) is 0 Å². The summed E-state index contributed by atoms with van der Waals surface area (Å²) < 4.78 is 85.7. The third-order valence-corrected chi connectivity index (χ3v) is 2.91. The van der Waals surface area contributed by atoms with Gasteiger partial charge in [-0.25, -0.2) is 13.6 Å². The Kier molecular flexibility index (Phi) is 6.41. The molecule has 0 spiro atoms. The molecule has 0 aliphatic rings. The molecule has 0 fully saturated rings. The van der Waals surface area contributed by atoms with Gasteiger partial charge < -0.3 is 5.11 Å². The lowest BCUT2D eigenvalue weighted by Crippen LogP contribution is -2.12. The van der Waals surface area contributed by atoms with Crippen LogP contribution in [0.5, 0.6) is 0 Å². The number of aryl methyl sites for hydroxylation is 1. The van der Waals surface area contributed by atoms with E-state index in [1.165, 1.54) is 12.1 Å². The van der Waals surface area contributed by atoms with Crippen molar-refractivity contribution in [2.24, 2.45) is 0 Å². The van der Waals surface area contributed by atoms with Crippen LogP contribution in [0.4, 0.5) is 17.6 Å². The maximum Gasteiger partial charge on any atom is 0.371 e. The van der Waals surface area contributed by atoms with Crippen LogP contribution < -0.4 is 0 Å². The first-order valence-corrected chi connectivity index (χ1v) is 6.52. The highest BCUT2D eigenvalue weighted by molar-refractivity contribution is 7.86. The van der Waals surface area contributed by atoms with E-state index in [1.807, 2.05) is 0 Å². The van der Waals surface area contributed by atoms with E-state index < -0.39 is 35.5 Å². The quantitative estimate of drug-likeness (QED) is 0.660. The Balaban J connectivity index is 0.000000688. The Bertz CT molecular complexity index is 620. The van der Waals surface area contributed by atoms with Gasteiger partial charge in [0.15, 0.2) is 0 Å². The van der Waals surface area contributed by atoms with Gasteiger partial charge in [0.05, 0.1) is 7.64 Å². The zero-order valence-electron chi connectivity index (χ0n) is 12.5. The molecule has 1 N–H and O–H groups in total. The number of carboxylic acids is 1. The van der Waals surface area contributed by atoms with E-state index in [9.17, 15) is 26.0 Å². The van der Waals surface area contributed by atoms with Gasteiger partial charge in [-0.1, -0.05) is 17.7 Å². The predicted molar refractivity (Wildman–Crippen MR) is 64.0 cm³/mol. The SMILES string of the molecule is O=C(O)C(F)F.[2H]C([2H])(OS(=O)(=O)c1ccc(C)cc1)C(F)F. The van der Waals surface area contributed by atoms with Gasteiger partial charge in [0.2, 0.25) is 0 Å². The average Bonchev–Trinajstić information content (AvgIpc) is 2.38. The lowest BCUT2D eigenvalue weighted by molar-refractivity contribution is -0.149. The fourth-order valence-electron chi connectivity index (χ4n) is 0.853. The maximum atomic E-state index is 12.2. The number of hydrogen-bond acceptors (Lipinski definition) is 4. The summed E-state index contributed by atoms with van der Waals surface area (Å²) in [6.07, 6.45) is -6.78. The number of aliphatic carboxylic acids is 1. The molecule has 0 heterocycles. The van der Waals surface area contributed by atoms with E-state index in [1.54, 1.807) is 6.92 Å². The molecule has 120 valence electrons. The molecule has 21 heavy (non-hydrogen) atoms. The number of benzene rings is 1. The highest BCUT2D eigenvalue weighted by Crippen LogP contribution is 2.13. The van der Waals surface area contributed by atoms with Gasteiger partial charge in [-0.15, -0.1) is 0 Å². The molecule has 0 bridgehead atoms. The van der Waals surface area contributed by atoms with Crippen LogP contribution in [0.15, 0.2) is 29.2 Å². The predicted octanol–water partition coefficient (Wildman–Crippen LogP) is 2.30. The third kappa shape index (κ3) is 8.25. The molecule has 0 aromatic heterocycles. The normalized spacial score (nSPS) is 13.3. The van der Waals surface area contributed by atoms with Crippen molar-refractivity contribution in [3.8, 4) is 0 Å². The van der Waals surface area contributed by atoms with Crippen molar-refractivity contribution in [2.75, 3.05) is 6.56 Å². The van der Waals surface area contributed by atoms with Gasteiger partial charge in [-0.2, -0.15) is 17.2 Å². The fourth-order valence-corrected chi connectivity index (χ4v) is 1.62. The largest absolute Gasteiger partial charge is 0.477 e. The summed E-state index contributed by atoms with van der Waals surface area (Å²) >= 11 is 0. The first-order chi connectivity index (χ1) is 10.3. The smallest absolute Gasteiger partial charge is 0.371 e. The zero-order chi connectivity index (χ0) is 18.4. The van der Waals surface area contributed by atoms with Crippen molar-refractivity contribution in [1.82, 2.24) is 0 Å². The van der Waals surface area contributed by atoms with E-state index in [2.05, 4.69) is 4.18 Å². The summed E-state index contributed by atoms with van der Waals surface area (Å²) in [5, 5.41) is 7.24. The first-order valence-electron chi connectivity index (χ1n) is 6.11. The summed E-state index contributed by atoms with van der Waals surface area (Å²) in [7, 11) is -4.53. The lowest BCUT2D eigenvalue weighted by Gasteiger charge is -2.04. The van der Waals surface area contributed by atoms with Gasteiger partial charge in [-0.3, -0.25) is 4.18 Å². The molecule has 0 unspecified atom stereocenters. The molecule has 1 aromatic carbocycles. The van der Waals surface area contributed by atoms with Crippen LogP contribution in [0.1, 0.15) is 8.30 Å². The Morgan fingerprint density at radius 3 is 2.05 bits per heavy atom. The van der Waals surface area contributed by atoms with E-state index in [4.69, 9.17) is 12.6 Å². The van der Waals surface area contributed by atoms with Gasteiger partial charge >= 0.3 is 12.4 Å². The van der Waals surface area contributed by atoms with Gasteiger partial charge in [0.25, 0.3) is 16.5 Å². The molecule has 0 saturated carbocycles. The second-order valence-electron chi connectivity index (χ2n) is 3.41. The monoisotopic (exact) mass is 334 g/mol. The van der Waals surface area contributed by atoms with E-state index in [0.29, 0.717) is 0 Å². The highest BCUT2D eigenvalue weighted by Gasteiger charge is 2.17. The van der Waals surface area contributed by atoms with Crippen LogP contribution in [0.25, 0.3) is 0 Å². The van der Waals surface area contributed by atoms with Crippen LogP contribution in [-0.2, 0) is 19.1 Å². The van der Waals surface area contributed by atoms with Crippen LogP contribution in [-0.4, -0.2) is 38.9 Å². The van der Waals surface area contributed by atoms with Crippen LogP contribution in [0.3, 0.4) is 0 Å². The highest BCUT2D eigenvalue weighted by atomic mass is 32.2. The fraction of sp³-hybridized carbons (Fsp3) is 0.364. The molecular formula is C11H12F4O5S. The van der Waals surface area contributed by atoms with Crippen molar-refractivity contribution in [2.45, 2.75) is 24.7 Å². The Labute approximate surface area is 121 Å². The van der Waals surface area contributed by atoms with Crippen molar-refractivity contribution in [3.63, 3.8) is 0 Å². The van der Waals surface area contributed by atoms with Gasteiger partial charge in [0.1, 0.15) is 6.56 Å². The van der Waals surface area contributed by atoms with Crippen molar-refractivity contribution in [3.05, 3.63) is 29.8 Å². The van der Waals surface area contributed by atoms with Gasteiger partial charge in [-0.05, 0) is 19.1 Å². The number of rotatable bonds is 5.